The van der Waals surface area contributed by atoms with Gasteiger partial charge >= 0.3 is 0 Å². The van der Waals surface area contributed by atoms with Gasteiger partial charge in [-0.15, -0.1) is 12.3 Å². The van der Waals surface area contributed by atoms with E-state index in [1.54, 1.807) is 0 Å². The maximum atomic E-state index is 5.12. The average molecular weight is 177 g/mol. The van der Waals surface area contributed by atoms with Crippen LogP contribution in [0.2, 0.25) is 0 Å². The molecule has 0 aromatic carbocycles. The molecule has 3 nitrogen and oxygen atoms in total. The van der Waals surface area contributed by atoms with Crippen LogP contribution in [-0.2, 0) is 6.54 Å². The van der Waals surface area contributed by atoms with Gasteiger partial charge in [0.05, 0.1) is 0 Å². The molecule has 13 heavy (non-hydrogen) atoms. The predicted octanol–water partition coefficient (Wildman–Crippen LogP) is 0.804. The molecule has 1 aromatic heterocycles. The van der Waals surface area contributed by atoms with Crippen molar-refractivity contribution in [2.75, 3.05) is 13.1 Å². The van der Waals surface area contributed by atoms with Gasteiger partial charge < -0.3 is 9.88 Å². The molecule has 1 rings (SSSR count). The Morgan fingerprint density at radius 1 is 1.62 bits per heavy atom. The Morgan fingerprint density at radius 3 is 3.08 bits per heavy atom. The van der Waals surface area contributed by atoms with Gasteiger partial charge in [-0.05, 0) is 6.92 Å². The minimum absolute atomic E-state index is 0.795. The Labute approximate surface area is 79.2 Å². The first-order chi connectivity index (χ1) is 6.34. The minimum atomic E-state index is 0.795. The fourth-order valence-corrected chi connectivity index (χ4v) is 1.13. The molecule has 0 fully saturated rings. The van der Waals surface area contributed by atoms with Crippen LogP contribution in [0.4, 0.5) is 0 Å². The maximum Gasteiger partial charge on any atom is 0.105 e. The topological polar surface area (TPSA) is 29.9 Å². The lowest BCUT2D eigenvalue weighted by molar-refractivity contribution is 0.593. The van der Waals surface area contributed by atoms with Crippen LogP contribution in [0.5, 0.6) is 0 Å². The van der Waals surface area contributed by atoms with Crippen molar-refractivity contribution in [2.45, 2.75) is 19.9 Å². The van der Waals surface area contributed by atoms with E-state index in [1.165, 1.54) is 0 Å². The number of nitrogens with one attached hydrogen (secondary N) is 1. The highest BCUT2D eigenvalue weighted by molar-refractivity contribution is 4.88. The largest absolute Gasteiger partial charge is 0.334 e. The van der Waals surface area contributed by atoms with E-state index >= 15 is 0 Å². The van der Waals surface area contributed by atoms with Crippen LogP contribution in [0.3, 0.4) is 0 Å². The molecule has 3 heteroatoms. The van der Waals surface area contributed by atoms with Gasteiger partial charge in [0.2, 0.25) is 0 Å². The Morgan fingerprint density at radius 2 is 2.46 bits per heavy atom. The molecule has 70 valence electrons. The van der Waals surface area contributed by atoms with Crippen molar-refractivity contribution in [1.29, 1.82) is 0 Å². The Balaban J connectivity index is 2.14. The molecule has 0 bridgehead atoms. The lowest BCUT2D eigenvalue weighted by Crippen LogP contribution is -2.20. The summed E-state index contributed by atoms with van der Waals surface area (Å²) in [6, 6.07) is 0. The molecule has 1 heterocycles. The van der Waals surface area contributed by atoms with Gasteiger partial charge in [-0.1, -0.05) is 0 Å². The van der Waals surface area contributed by atoms with E-state index < -0.39 is 0 Å². The van der Waals surface area contributed by atoms with Crippen LogP contribution in [-0.4, -0.2) is 22.6 Å². The van der Waals surface area contributed by atoms with Crippen LogP contribution >= 0.6 is 0 Å². The van der Waals surface area contributed by atoms with Crippen LogP contribution in [0.15, 0.2) is 12.4 Å². The van der Waals surface area contributed by atoms with Gasteiger partial charge in [-0.25, -0.2) is 4.98 Å². The monoisotopic (exact) mass is 177 g/mol. The van der Waals surface area contributed by atoms with Crippen molar-refractivity contribution >= 4 is 0 Å². The van der Waals surface area contributed by atoms with Crippen molar-refractivity contribution in [2.24, 2.45) is 0 Å². The van der Waals surface area contributed by atoms with Crippen LogP contribution < -0.4 is 5.32 Å². The number of nitrogens with zero attached hydrogens (tertiary/aromatic N) is 2. The number of aromatic nitrogens is 2. The van der Waals surface area contributed by atoms with Crippen molar-refractivity contribution in [3.8, 4) is 12.3 Å². The van der Waals surface area contributed by atoms with Gasteiger partial charge in [-0.3, -0.25) is 0 Å². The SMILES string of the molecule is C#CCCNCCn1ccnc1C. The standard InChI is InChI=1S/C10H15N3/c1-3-4-5-11-6-8-13-9-7-12-10(13)2/h1,7,9,11H,4-6,8H2,2H3. The fraction of sp³-hybridized carbons (Fsp3) is 0.500. The molecule has 0 unspecified atom stereocenters. The summed E-state index contributed by atoms with van der Waals surface area (Å²) < 4.78 is 2.11. The molecule has 1 N–H and O–H groups in total. The van der Waals surface area contributed by atoms with E-state index in [4.69, 9.17) is 6.42 Å². The molecule has 0 amide bonds. The van der Waals surface area contributed by atoms with Crippen molar-refractivity contribution in [3.63, 3.8) is 0 Å². The second kappa shape index (κ2) is 5.39. The molecular formula is C10H15N3. The fourth-order valence-electron chi connectivity index (χ4n) is 1.13. The van der Waals surface area contributed by atoms with E-state index in [9.17, 15) is 0 Å². The summed E-state index contributed by atoms with van der Waals surface area (Å²) in [5, 5.41) is 3.26. The molecular weight excluding hydrogens is 162 g/mol. The highest BCUT2D eigenvalue weighted by atomic mass is 15.1. The second-order valence-electron chi connectivity index (χ2n) is 2.87. The minimum Gasteiger partial charge on any atom is -0.334 e. The number of terminal acetylenes is 1. The molecule has 0 saturated carbocycles. The van der Waals surface area contributed by atoms with Crippen molar-refractivity contribution in [1.82, 2.24) is 14.9 Å². The average Bonchev–Trinajstić information content (AvgIpc) is 2.52. The summed E-state index contributed by atoms with van der Waals surface area (Å²) in [6.07, 6.45) is 9.72. The zero-order chi connectivity index (χ0) is 9.52. The number of hydrogen-bond donors (Lipinski definition) is 1. The van der Waals surface area contributed by atoms with Gasteiger partial charge in [0, 0.05) is 38.4 Å². The molecule has 0 aliphatic rings. The third-order valence-electron chi connectivity index (χ3n) is 1.90. The third-order valence-corrected chi connectivity index (χ3v) is 1.90. The normalized spacial score (nSPS) is 9.85. The molecule has 0 aliphatic carbocycles. The Kier molecular flexibility index (Phi) is 4.07. The highest BCUT2D eigenvalue weighted by Gasteiger charge is 1.94. The summed E-state index contributed by atoms with van der Waals surface area (Å²) in [6.45, 7) is 4.79. The van der Waals surface area contributed by atoms with E-state index in [2.05, 4.69) is 20.8 Å². The number of aryl methyl sites for hydroxylation is 1. The zero-order valence-electron chi connectivity index (χ0n) is 7.95. The van der Waals surface area contributed by atoms with Gasteiger partial charge in [0.15, 0.2) is 0 Å². The Hall–Kier alpha value is -1.27. The van der Waals surface area contributed by atoms with Gasteiger partial charge in [0.1, 0.15) is 5.82 Å². The van der Waals surface area contributed by atoms with E-state index in [0.29, 0.717) is 0 Å². The summed E-state index contributed by atoms with van der Waals surface area (Å²) in [4.78, 5) is 4.13. The molecule has 0 atom stereocenters. The number of rotatable bonds is 5. The van der Waals surface area contributed by atoms with E-state index in [0.717, 1.165) is 31.9 Å². The van der Waals surface area contributed by atoms with Crippen LogP contribution in [0.1, 0.15) is 12.2 Å². The van der Waals surface area contributed by atoms with Crippen molar-refractivity contribution in [3.05, 3.63) is 18.2 Å². The second-order valence-corrected chi connectivity index (χ2v) is 2.87. The smallest absolute Gasteiger partial charge is 0.105 e. The number of hydrogen-bond acceptors (Lipinski definition) is 2. The van der Waals surface area contributed by atoms with E-state index in [1.807, 2.05) is 19.3 Å². The summed E-state index contributed by atoms with van der Waals surface area (Å²) >= 11 is 0. The molecule has 0 radical (unpaired) electrons. The molecule has 0 spiro atoms. The summed E-state index contributed by atoms with van der Waals surface area (Å²) in [5.74, 6) is 3.65. The third kappa shape index (κ3) is 3.30. The lowest BCUT2D eigenvalue weighted by atomic mass is 10.4. The molecule has 0 saturated heterocycles. The van der Waals surface area contributed by atoms with Crippen molar-refractivity contribution < 1.29 is 0 Å². The maximum absolute atomic E-state index is 5.12. The lowest BCUT2D eigenvalue weighted by Gasteiger charge is -2.05. The van der Waals surface area contributed by atoms with Crippen LogP contribution in [0.25, 0.3) is 0 Å². The first-order valence-corrected chi connectivity index (χ1v) is 4.46. The summed E-state index contributed by atoms with van der Waals surface area (Å²) in [7, 11) is 0. The molecule has 0 aliphatic heterocycles. The van der Waals surface area contributed by atoms with Gasteiger partial charge in [-0.2, -0.15) is 0 Å². The zero-order valence-corrected chi connectivity index (χ0v) is 7.95. The first kappa shape index (κ1) is 9.82. The highest BCUT2D eigenvalue weighted by Crippen LogP contribution is 1.93. The Bertz CT molecular complexity index is 283. The molecule has 1 aromatic rings. The van der Waals surface area contributed by atoms with E-state index in [-0.39, 0.29) is 0 Å². The summed E-state index contributed by atoms with van der Waals surface area (Å²) in [5.41, 5.74) is 0. The quantitative estimate of drug-likeness (QED) is 0.532. The van der Waals surface area contributed by atoms with Crippen LogP contribution in [0, 0.1) is 19.3 Å². The predicted molar refractivity (Wildman–Crippen MR) is 53.3 cm³/mol. The van der Waals surface area contributed by atoms with Gasteiger partial charge in [0.25, 0.3) is 0 Å². The number of imidazole rings is 1. The first-order valence-electron chi connectivity index (χ1n) is 4.46.